The van der Waals surface area contributed by atoms with Crippen LogP contribution in [0.2, 0.25) is 0 Å². The Kier molecular flexibility index (Phi) is 6.64. The van der Waals surface area contributed by atoms with Gasteiger partial charge < -0.3 is 24.4 Å². The molecule has 2 aromatic carbocycles. The fourth-order valence-corrected chi connectivity index (χ4v) is 3.73. The minimum absolute atomic E-state index is 0.0484. The van der Waals surface area contributed by atoms with Crippen LogP contribution in [0.3, 0.4) is 0 Å². The molecule has 0 unspecified atom stereocenters. The van der Waals surface area contributed by atoms with E-state index in [9.17, 15) is 9.59 Å². The van der Waals surface area contributed by atoms with E-state index in [1.807, 2.05) is 36.4 Å². The van der Waals surface area contributed by atoms with Crippen LogP contribution in [0.15, 0.2) is 40.9 Å². The normalized spacial score (nSPS) is 15.3. The van der Waals surface area contributed by atoms with Crippen molar-refractivity contribution in [2.75, 3.05) is 33.2 Å². The van der Waals surface area contributed by atoms with Crippen molar-refractivity contribution < 1.29 is 23.8 Å². The zero-order valence-electron chi connectivity index (χ0n) is 16.5. The maximum atomic E-state index is 13.0. The van der Waals surface area contributed by atoms with Crippen LogP contribution in [0.25, 0.3) is 0 Å². The van der Waals surface area contributed by atoms with Crippen LogP contribution >= 0.6 is 15.9 Å². The molecule has 8 heteroatoms. The van der Waals surface area contributed by atoms with Crippen LogP contribution in [-0.2, 0) is 16.0 Å². The molecule has 0 saturated carbocycles. The van der Waals surface area contributed by atoms with Crippen molar-refractivity contribution in [2.24, 2.45) is 0 Å². The molecule has 0 aliphatic carbocycles. The summed E-state index contributed by atoms with van der Waals surface area (Å²) in [5, 5.41) is 2.90. The van der Waals surface area contributed by atoms with E-state index in [1.54, 1.807) is 19.1 Å². The first-order valence-electron chi connectivity index (χ1n) is 9.11. The minimum Gasteiger partial charge on any atom is -0.493 e. The molecule has 2 aromatic rings. The summed E-state index contributed by atoms with van der Waals surface area (Å²) in [5.41, 5.74) is 2.54. The smallest absolute Gasteiger partial charge is 0.322 e. The van der Waals surface area contributed by atoms with Crippen molar-refractivity contribution in [3.63, 3.8) is 0 Å². The average Bonchev–Trinajstić information content (AvgIpc) is 2.74. The lowest BCUT2D eigenvalue weighted by atomic mass is 9.90. The van der Waals surface area contributed by atoms with Crippen LogP contribution in [0, 0.1) is 0 Å². The molecular weight excluding hydrogens is 440 g/mol. The summed E-state index contributed by atoms with van der Waals surface area (Å²) < 4.78 is 16.6. The van der Waals surface area contributed by atoms with E-state index in [1.165, 1.54) is 7.11 Å². The molecule has 0 spiro atoms. The van der Waals surface area contributed by atoms with Gasteiger partial charge in [0.1, 0.15) is 0 Å². The Morgan fingerprint density at radius 3 is 2.38 bits per heavy atom. The number of nitrogens with zero attached hydrogens (tertiary/aromatic N) is 1. The molecule has 0 radical (unpaired) electrons. The zero-order chi connectivity index (χ0) is 21.0. The lowest BCUT2D eigenvalue weighted by Gasteiger charge is -2.37. The SMILES string of the molecule is COC(=O)C[C@@H]1c2cc(OC)c(OC)cc2CCN1C(=O)Nc1ccc(Br)cc1. The second kappa shape index (κ2) is 9.17. The first-order chi connectivity index (χ1) is 14.0. The van der Waals surface area contributed by atoms with Gasteiger partial charge in [0.05, 0.1) is 33.8 Å². The number of methoxy groups -OCH3 is 3. The van der Waals surface area contributed by atoms with Crippen LogP contribution in [-0.4, -0.2) is 44.8 Å². The number of benzene rings is 2. The lowest BCUT2D eigenvalue weighted by molar-refractivity contribution is -0.141. The number of hydrogen-bond donors (Lipinski definition) is 1. The molecule has 0 aromatic heterocycles. The van der Waals surface area contributed by atoms with Gasteiger partial charge in [-0.2, -0.15) is 0 Å². The summed E-state index contributed by atoms with van der Waals surface area (Å²) >= 11 is 3.38. The summed E-state index contributed by atoms with van der Waals surface area (Å²) in [6, 6.07) is 10.3. The van der Waals surface area contributed by atoms with Gasteiger partial charge in [-0.15, -0.1) is 0 Å². The number of esters is 1. The van der Waals surface area contributed by atoms with E-state index in [4.69, 9.17) is 14.2 Å². The van der Waals surface area contributed by atoms with E-state index in [0.29, 0.717) is 30.2 Å². The molecule has 1 atom stereocenters. The topological polar surface area (TPSA) is 77.1 Å². The van der Waals surface area contributed by atoms with E-state index < -0.39 is 6.04 Å². The molecule has 0 saturated heterocycles. The predicted octanol–water partition coefficient (Wildman–Crippen LogP) is 4.16. The molecule has 3 rings (SSSR count). The first kappa shape index (κ1) is 21.0. The molecular formula is C21H23BrN2O5. The summed E-state index contributed by atoms with van der Waals surface area (Å²) in [6.45, 7) is 0.465. The number of hydrogen-bond acceptors (Lipinski definition) is 5. The van der Waals surface area contributed by atoms with Gasteiger partial charge in [0.2, 0.25) is 0 Å². The van der Waals surface area contributed by atoms with E-state index in [-0.39, 0.29) is 18.4 Å². The molecule has 154 valence electrons. The number of fused-ring (bicyclic) bond motifs is 1. The Balaban J connectivity index is 1.93. The van der Waals surface area contributed by atoms with Crippen LogP contribution in [0.1, 0.15) is 23.6 Å². The zero-order valence-corrected chi connectivity index (χ0v) is 18.1. The molecule has 1 aliphatic rings. The van der Waals surface area contributed by atoms with Gasteiger partial charge in [0, 0.05) is 16.7 Å². The summed E-state index contributed by atoms with van der Waals surface area (Å²) in [6.07, 6.45) is 0.688. The molecule has 1 aliphatic heterocycles. The molecule has 7 nitrogen and oxygen atoms in total. The van der Waals surface area contributed by atoms with Gasteiger partial charge >= 0.3 is 12.0 Å². The number of urea groups is 1. The van der Waals surface area contributed by atoms with Crippen LogP contribution in [0.4, 0.5) is 10.5 Å². The Labute approximate surface area is 178 Å². The number of rotatable bonds is 5. The summed E-state index contributed by atoms with van der Waals surface area (Å²) in [7, 11) is 4.48. The quantitative estimate of drug-likeness (QED) is 0.674. The average molecular weight is 463 g/mol. The molecule has 29 heavy (non-hydrogen) atoms. The number of carbonyl (C=O) groups excluding carboxylic acids is 2. The van der Waals surface area contributed by atoms with Gasteiger partial charge in [0.15, 0.2) is 11.5 Å². The molecule has 1 heterocycles. The van der Waals surface area contributed by atoms with E-state index in [2.05, 4.69) is 21.2 Å². The molecule has 0 fully saturated rings. The van der Waals surface area contributed by atoms with Gasteiger partial charge in [-0.25, -0.2) is 4.79 Å². The highest BCUT2D eigenvalue weighted by atomic mass is 79.9. The number of anilines is 1. The van der Waals surface area contributed by atoms with Gasteiger partial charge in [-0.1, -0.05) is 15.9 Å². The van der Waals surface area contributed by atoms with Crippen molar-refractivity contribution in [2.45, 2.75) is 18.9 Å². The van der Waals surface area contributed by atoms with Crippen molar-refractivity contribution in [3.8, 4) is 11.5 Å². The number of carbonyl (C=O) groups is 2. The summed E-state index contributed by atoms with van der Waals surface area (Å²) in [5.74, 6) is 0.784. The largest absolute Gasteiger partial charge is 0.493 e. The van der Waals surface area contributed by atoms with Crippen molar-refractivity contribution >= 4 is 33.6 Å². The van der Waals surface area contributed by atoms with Crippen molar-refractivity contribution in [3.05, 3.63) is 52.0 Å². The Bertz CT molecular complexity index is 901. The van der Waals surface area contributed by atoms with Crippen molar-refractivity contribution in [1.82, 2.24) is 4.90 Å². The monoisotopic (exact) mass is 462 g/mol. The fourth-order valence-electron chi connectivity index (χ4n) is 3.46. The highest BCUT2D eigenvalue weighted by molar-refractivity contribution is 9.10. The standard InChI is InChI=1S/C21H23BrN2O5/c1-27-18-10-13-8-9-24(21(26)23-15-6-4-14(22)5-7-15)17(12-20(25)29-3)16(13)11-19(18)28-2/h4-7,10-11,17H,8-9,12H2,1-3H3,(H,23,26)/t17-/m1/s1. The highest BCUT2D eigenvalue weighted by Gasteiger charge is 2.34. The molecule has 0 bridgehead atoms. The van der Waals surface area contributed by atoms with Gasteiger partial charge in [-0.05, 0) is 53.9 Å². The third-order valence-electron chi connectivity index (χ3n) is 4.95. The lowest BCUT2D eigenvalue weighted by Crippen LogP contribution is -2.43. The number of amides is 2. The third-order valence-corrected chi connectivity index (χ3v) is 5.48. The number of halogens is 1. The van der Waals surface area contributed by atoms with Gasteiger partial charge in [-0.3, -0.25) is 4.79 Å². The Morgan fingerprint density at radius 1 is 1.10 bits per heavy atom. The predicted molar refractivity (Wildman–Crippen MR) is 112 cm³/mol. The number of ether oxygens (including phenoxy) is 3. The molecule has 2 amide bonds. The minimum atomic E-state index is -0.471. The van der Waals surface area contributed by atoms with Gasteiger partial charge in [0.25, 0.3) is 0 Å². The maximum Gasteiger partial charge on any atom is 0.322 e. The number of nitrogens with one attached hydrogen (secondary N) is 1. The highest BCUT2D eigenvalue weighted by Crippen LogP contribution is 2.39. The van der Waals surface area contributed by atoms with E-state index >= 15 is 0 Å². The maximum absolute atomic E-state index is 13.0. The summed E-state index contributed by atoms with van der Waals surface area (Å²) in [4.78, 5) is 26.8. The fraction of sp³-hybridized carbons (Fsp3) is 0.333. The Morgan fingerprint density at radius 2 is 1.76 bits per heavy atom. The third kappa shape index (κ3) is 4.64. The molecule has 1 N–H and O–H groups in total. The first-order valence-corrected chi connectivity index (χ1v) is 9.91. The van der Waals surface area contributed by atoms with E-state index in [0.717, 1.165) is 15.6 Å². The van der Waals surface area contributed by atoms with Crippen LogP contribution < -0.4 is 14.8 Å². The van der Waals surface area contributed by atoms with Crippen molar-refractivity contribution in [1.29, 1.82) is 0 Å². The van der Waals surface area contributed by atoms with Crippen LogP contribution in [0.5, 0.6) is 11.5 Å². The Hall–Kier alpha value is -2.74. The second-order valence-corrected chi connectivity index (χ2v) is 7.50. The second-order valence-electron chi connectivity index (χ2n) is 6.58.